The zero-order chi connectivity index (χ0) is 37.3. The summed E-state index contributed by atoms with van der Waals surface area (Å²) in [7, 11) is 0. The van der Waals surface area contributed by atoms with E-state index in [1.165, 1.54) is 128 Å². The SMILES string of the molecule is CCCCCCCCCCCCCCCCCC(=O)C(O)(C(=O)CCCCCCCCCCCCCCCCC)[C@H](O)[C@H](O)[C@H](O)[C@@H](O)CO. The van der Waals surface area contributed by atoms with Crippen LogP contribution in [0.2, 0.25) is 0 Å². The minimum atomic E-state index is -2.89. The van der Waals surface area contributed by atoms with Crippen LogP contribution in [0, 0.1) is 0 Å². The number of unbranched alkanes of at least 4 members (excludes halogenated alkanes) is 28. The van der Waals surface area contributed by atoms with Gasteiger partial charge in [0.05, 0.1) is 6.61 Å². The summed E-state index contributed by atoms with van der Waals surface area (Å²) < 4.78 is 0. The minimum absolute atomic E-state index is 0.137. The molecule has 0 bridgehead atoms. The van der Waals surface area contributed by atoms with Gasteiger partial charge in [-0.15, -0.1) is 0 Å². The van der Waals surface area contributed by atoms with Gasteiger partial charge in [0.2, 0.25) is 5.60 Å². The van der Waals surface area contributed by atoms with Gasteiger partial charge >= 0.3 is 0 Å². The predicted molar refractivity (Wildman–Crippen MR) is 205 cm³/mol. The first kappa shape index (κ1) is 49.1. The molecule has 298 valence electrons. The largest absolute Gasteiger partial charge is 0.394 e. The molecule has 0 spiro atoms. The molecule has 0 aliphatic heterocycles. The Balaban J connectivity index is 4.52. The van der Waals surface area contributed by atoms with E-state index in [9.17, 15) is 35.1 Å². The van der Waals surface area contributed by atoms with E-state index < -0.39 is 48.2 Å². The molecule has 0 aromatic rings. The molecular weight excluding hydrogens is 632 g/mol. The van der Waals surface area contributed by atoms with Gasteiger partial charge in [-0.3, -0.25) is 9.59 Å². The number of rotatable bonds is 39. The smallest absolute Gasteiger partial charge is 0.209 e. The molecule has 0 unspecified atom stereocenters. The van der Waals surface area contributed by atoms with E-state index in [1.54, 1.807) is 0 Å². The second-order valence-electron chi connectivity index (χ2n) is 15.2. The molecule has 6 N–H and O–H groups in total. The van der Waals surface area contributed by atoms with E-state index in [2.05, 4.69) is 13.8 Å². The number of carbonyl (C=O) groups excluding carboxylic acids is 2. The second kappa shape index (κ2) is 33.9. The van der Waals surface area contributed by atoms with E-state index >= 15 is 0 Å². The second-order valence-corrected chi connectivity index (χ2v) is 15.2. The number of ketones is 2. The highest BCUT2D eigenvalue weighted by Gasteiger charge is 2.53. The van der Waals surface area contributed by atoms with Gasteiger partial charge in [-0.25, -0.2) is 0 Å². The Hall–Kier alpha value is -0.900. The molecule has 0 fully saturated rings. The van der Waals surface area contributed by atoms with E-state index in [0.29, 0.717) is 12.8 Å². The van der Waals surface area contributed by atoms with E-state index in [1.807, 2.05) is 0 Å². The number of carbonyl (C=O) groups is 2. The van der Waals surface area contributed by atoms with Crippen molar-refractivity contribution in [1.82, 2.24) is 0 Å². The van der Waals surface area contributed by atoms with Crippen LogP contribution in [-0.4, -0.2) is 78.8 Å². The first-order valence-electron chi connectivity index (χ1n) is 21.3. The lowest BCUT2D eigenvalue weighted by molar-refractivity contribution is -0.187. The molecule has 0 saturated carbocycles. The van der Waals surface area contributed by atoms with Gasteiger partial charge in [0.15, 0.2) is 11.6 Å². The Labute approximate surface area is 307 Å². The Morgan fingerprint density at radius 2 is 0.660 bits per heavy atom. The summed E-state index contributed by atoms with van der Waals surface area (Å²) in [4.78, 5) is 26.5. The number of hydrogen-bond acceptors (Lipinski definition) is 8. The highest BCUT2D eigenvalue weighted by atomic mass is 16.4. The first-order chi connectivity index (χ1) is 24.2. The lowest BCUT2D eigenvalue weighted by atomic mass is 9.79. The molecule has 4 atom stereocenters. The molecule has 0 aromatic heterocycles. The number of aliphatic hydroxyl groups excluding tert-OH is 5. The van der Waals surface area contributed by atoms with Crippen LogP contribution in [0.5, 0.6) is 0 Å². The maximum Gasteiger partial charge on any atom is 0.209 e. The van der Waals surface area contributed by atoms with Crippen LogP contribution in [-0.2, 0) is 9.59 Å². The molecule has 0 heterocycles. The fourth-order valence-electron chi connectivity index (χ4n) is 6.95. The van der Waals surface area contributed by atoms with Crippen LogP contribution in [0.15, 0.2) is 0 Å². The molecule has 8 heteroatoms. The van der Waals surface area contributed by atoms with Crippen molar-refractivity contribution >= 4 is 11.6 Å². The third-order valence-electron chi connectivity index (χ3n) is 10.5. The van der Waals surface area contributed by atoms with Crippen molar-refractivity contribution in [3.63, 3.8) is 0 Å². The molecule has 0 saturated heterocycles. The fourth-order valence-corrected chi connectivity index (χ4v) is 6.95. The van der Waals surface area contributed by atoms with Crippen molar-refractivity contribution in [1.29, 1.82) is 0 Å². The molecule has 0 rings (SSSR count). The van der Waals surface area contributed by atoms with Gasteiger partial charge < -0.3 is 30.6 Å². The maximum absolute atomic E-state index is 13.3. The van der Waals surface area contributed by atoms with Crippen LogP contribution in [0.4, 0.5) is 0 Å². The fraction of sp³-hybridized carbons (Fsp3) is 0.952. The minimum Gasteiger partial charge on any atom is -0.394 e. The van der Waals surface area contributed by atoms with Gasteiger partial charge in [0, 0.05) is 12.8 Å². The summed E-state index contributed by atoms with van der Waals surface area (Å²) in [5.41, 5.74) is -2.89. The van der Waals surface area contributed by atoms with Crippen molar-refractivity contribution in [2.45, 2.75) is 249 Å². The highest BCUT2D eigenvalue weighted by molar-refractivity contribution is 6.10. The van der Waals surface area contributed by atoms with E-state index in [4.69, 9.17) is 5.11 Å². The van der Waals surface area contributed by atoms with Crippen molar-refractivity contribution < 1.29 is 40.2 Å². The Morgan fingerprint density at radius 1 is 0.420 bits per heavy atom. The van der Waals surface area contributed by atoms with Crippen molar-refractivity contribution in [2.24, 2.45) is 0 Å². The molecule has 0 aliphatic carbocycles. The summed E-state index contributed by atoms with van der Waals surface area (Å²) in [6, 6.07) is 0. The van der Waals surface area contributed by atoms with Crippen molar-refractivity contribution in [3.8, 4) is 0 Å². The van der Waals surface area contributed by atoms with Gasteiger partial charge in [0.1, 0.15) is 24.4 Å². The van der Waals surface area contributed by atoms with Crippen molar-refractivity contribution in [3.05, 3.63) is 0 Å². The summed E-state index contributed by atoms with van der Waals surface area (Å²) in [6.45, 7) is 3.58. The number of aliphatic hydroxyl groups is 6. The molecule has 8 nitrogen and oxygen atoms in total. The van der Waals surface area contributed by atoms with E-state index in [0.717, 1.165) is 51.4 Å². The average Bonchev–Trinajstić information content (AvgIpc) is 3.12. The van der Waals surface area contributed by atoms with Gasteiger partial charge in [-0.1, -0.05) is 194 Å². The lowest BCUT2D eigenvalue weighted by Crippen LogP contribution is -2.63. The third kappa shape index (κ3) is 23.6. The van der Waals surface area contributed by atoms with Crippen LogP contribution in [0.3, 0.4) is 0 Å². The van der Waals surface area contributed by atoms with Crippen LogP contribution in [0.1, 0.15) is 219 Å². The summed E-state index contributed by atoms with van der Waals surface area (Å²) in [5.74, 6) is -1.76. The molecule has 0 radical (unpaired) electrons. The highest BCUT2D eigenvalue weighted by Crippen LogP contribution is 2.26. The summed E-state index contributed by atoms with van der Waals surface area (Å²) in [5, 5.41) is 61.8. The summed E-state index contributed by atoms with van der Waals surface area (Å²) in [6.07, 6.45) is 26.1. The molecule has 0 amide bonds. The number of hydrogen-bond donors (Lipinski definition) is 6. The average molecular weight is 715 g/mol. The van der Waals surface area contributed by atoms with Crippen LogP contribution >= 0.6 is 0 Å². The van der Waals surface area contributed by atoms with Crippen LogP contribution in [0.25, 0.3) is 0 Å². The Morgan fingerprint density at radius 3 is 0.900 bits per heavy atom. The first-order valence-corrected chi connectivity index (χ1v) is 21.3. The molecule has 0 aromatic carbocycles. The van der Waals surface area contributed by atoms with Gasteiger partial charge in [-0.2, -0.15) is 0 Å². The molecular formula is C42H82O8. The predicted octanol–water partition coefficient (Wildman–Crippen LogP) is 8.81. The maximum atomic E-state index is 13.3. The standard InChI is InChI=1S/C42H82O8/c1-3-5-7-9-11-13-15-17-19-21-23-25-27-29-31-33-37(45)42(50,41(49)40(48)39(47)36(44)35-43)38(46)34-32-30-28-26-24-22-20-18-16-14-12-10-8-6-4-2/h36,39-41,43-44,47-50H,3-35H2,1-2H3/t36-,39+,40+,41+/m0/s1. The Kier molecular flexibility index (Phi) is 33.3. The van der Waals surface area contributed by atoms with Crippen LogP contribution < -0.4 is 0 Å². The third-order valence-corrected chi connectivity index (χ3v) is 10.5. The normalized spacial score (nSPS) is 14.5. The summed E-state index contributed by atoms with van der Waals surface area (Å²) >= 11 is 0. The topological polar surface area (TPSA) is 156 Å². The molecule has 0 aliphatic rings. The Bertz CT molecular complexity index is 729. The molecule has 50 heavy (non-hydrogen) atoms. The van der Waals surface area contributed by atoms with Gasteiger partial charge in [-0.05, 0) is 12.8 Å². The monoisotopic (exact) mass is 715 g/mol. The van der Waals surface area contributed by atoms with Gasteiger partial charge in [0.25, 0.3) is 0 Å². The van der Waals surface area contributed by atoms with E-state index in [-0.39, 0.29) is 12.8 Å². The lowest BCUT2D eigenvalue weighted by Gasteiger charge is -2.35. The quantitative estimate of drug-likeness (QED) is 0.0273. The zero-order valence-corrected chi connectivity index (χ0v) is 32.6. The zero-order valence-electron chi connectivity index (χ0n) is 32.6. The van der Waals surface area contributed by atoms with Crippen molar-refractivity contribution in [2.75, 3.05) is 6.61 Å². The number of Topliss-reactive ketones (excluding diaryl/α,β-unsaturated/α-hetero) is 2.